The molecule has 1 radical (unpaired) electrons. The van der Waals surface area contributed by atoms with Crippen molar-refractivity contribution in [1.29, 1.82) is 0 Å². The van der Waals surface area contributed by atoms with Gasteiger partial charge in [0.2, 0.25) is 0 Å². The molecular weight excluding hydrogens is 256 g/mol. The summed E-state index contributed by atoms with van der Waals surface area (Å²) in [6, 6.07) is 8.65. The molecule has 0 spiro atoms. The Balaban J connectivity index is 1.73. The third kappa shape index (κ3) is 2.25. The Bertz CT molecular complexity index is 483. The fourth-order valence-electron chi connectivity index (χ4n) is 6.12. The second kappa shape index (κ2) is 5.12. The van der Waals surface area contributed by atoms with Gasteiger partial charge in [-0.25, -0.2) is 5.11 Å². The predicted molar refractivity (Wildman–Crippen MR) is 84.6 cm³/mol. The second-order valence-electron chi connectivity index (χ2n) is 8.06. The normalized spacial score (nSPS) is 38.7. The Morgan fingerprint density at radius 2 is 1.62 bits per heavy atom. The lowest BCUT2D eigenvalue weighted by molar-refractivity contribution is -0.00791. The van der Waals surface area contributed by atoms with E-state index in [0.717, 1.165) is 36.2 Å². The smallest absolute Gasteiger partial charge is 0.118 e. The lowest BCUT2D eigenvalue weighted by Crippen LogP contribution is -2.49. The molecule has 4 saturated carbocycles. The largest absolute Gasteiger partial charge is 0.228 e. The quantitative estimate of drug-likeness (QED) is 0.702. The van der Waals surface area contributed by atoms with Crippen molar-refractivity contribution >= 4 is 0 Å². The second-order valence-corrected chi connectivity index (χ2v) is 8.06. The van der Waals surface area contributed by atoms with Crippen molar-refractivity contribution in [1.82, 2.24) is 0 Å². The van der Waals surface area contributed by atoms with E-state index < -0.39 is 6.10 Å². The zero-order chi connectivity index (χ0) is 14.4. The molecule has 0 aliphatic heterocycles. The maximum atomic E-state index is 12.6. The van der Waals surface area contributed by atoms with Crippen LogP contribution in [0.25, 0.3) is 0 Å². The van der Waals surface area contributed by atoms with Gasteiger partial charge >= 0.3 is 0 Å². The van der Waals surface area contributed by atoms with Crippen LogP contribution in [-0.4, -0.2) is 0 Å². The van der Waals surface area contributed by atoms with Gasteiger partial charge in [0.1, 0.15) is 6.10 Å². The third-order valence-electron chi connectivity index (χ3n) is 6.47. The summed E-state index contributed by atoms with van der Waals surface area (Å²) >= 11 is 0. The highest BCUT2D eigenvalue weighted by atomic mass is 16.3. The summed E-state index contributed by atoms with van der Waals surface area (Å²) in [4.78, 5) is 0. The molecule has 0 heterocycles. The molecule has 21 heavy (non-hydrogen) atoms. The maximum Gasteiger partial charge on any atom is 0.118 e. The first kappa shape index (κ1) is 13.8. The highest BCUT2D eigenvalue weighted by Crippen LogP contribution is 2.61. The monoisotopic (exact) mass is 283 g/mol. The molecule has 0 saturated heterocycles. The minimum Gasteiger partial charge on any atom is -0.228 e. The molecule has 0 aromatic heterocycles. The van der Waals surface area contributed by atoms with Crippen LogP contribution in [0, 0.1) is 17.8 Å². The van der Waals surface area contributed by atoms with Crippen molar-refractivity contribution in [2.24, 2.45) is 17.8 Å². The summed E-state index contributed by atoms with van der Waals surface area (Å²) in [6.45, 7) is 2.12. The van der Waals surface area contributed by atoms with Gasteiger partial charge in [-0.3, -0.25) is 0 Å². The van der Waals surface area contributed by atoms with Crippen LogP contribution in [0.3, 0.4) is 0 Å². The molecule has 4 bridgehead atoms. The van der Waals surface area contributed by atoms with Crippen molar-refractivity contribution in [3.05, 3.63) is 35.4 Å². The summed E-state index contributed by atoms with van der Waals surface area (Å²) in [6.07, 6.45) is 9.73. The third-order valence-corrected chi connectivity index (χ3v) is 6.47. The molecule has 113 valence electrons. The summed E-state index contributed by atoms with van der Waals surface area (Å²) < 4.78 is 0. The van der Waals surface area contributed by atoms with E-state index in [-0.39, 0.29) is 0 Å². The zero-order valence-electron chi connectivity index (χ0n) is 13.2. The van der Waals surface area contributed by atoms with E-state index in [1.165, 1.54) is 44.1 Å². The fourth-order valence-corrected chi connectivity index (χ4v) is 6.12. The highest BCUT2D eigenvalue weighted by molar-refractivity contribution is 5.38. The van der Waals surface area contributed by atoms with E-state index in [4.69, 9.17) is 0 Å². The average molecular weight is 283 g/mol. The average Bonchev–Trinajstić information content (AvgIpc) is 2.46. The van der Waals surface area contributed by atoms with Crippen LogP contribution in [-0.2, 0) is 10.5 Å². The van der Waals surface area contributed by atoms with Crippen LogP contribution in [0.2, 0.25) is 0 Å². The molecule has 1 unspecified atom stereocenters. The molecule has 1 nitrogen and oxygen atoms in total. The molecule has 1 aromatic carbocycles. The number of benzene rings is 1. The van der Waals surface area contributed by atoms with E-state index in [0.29, 0.717) is 5.41 Å². The number of rotatable bonds is 4. The molecule has 0 N–H and O–H groups in total. The van der Waals surface area contributed by atoms with Gasteiger partial charge in [-0.05, 0) is 79.2 Å². The number of hydrogen-bond acceptors (Lipinski definition) is 0. The van der Waals surface area contributed by atoms with E-state index in [1.54, 1.807) is 0 Å². The molecule has 4 aliphatic carbocycles. The van der Waals surface area contributed by atoms with Crippen molar-refractivity contribution in [2.45, 2.75) is 69.8 Å². The Morgan fingerprint density at radius 3 is 2.19 bits per heavy atom. The van der Waals surface area contributed by atoms with Gasteiger partial charge in [-0.1, -0.05) is 37.6 Å². The number of hydrogen-bond donors (Lipinski definition) is 0. The van der Waals surface area contributed by atoms with Gasteiger partial charge in [-0.2, -0.15) is 0 Å². The van der Waals surface area contributed by atoms with Crippen molar-refractivity contribution < 1.29 is 5.11 Å². The van der Waals surface area contributed by atoms with Gasteiger partial charge in [0.25, 0.3) is 0 Å². The van der Waals surface area contributed by atoms with Crippen LogP contribution in [0.15, 0.2) is 24.3 Å². The van der Waals surface area contributed by atoms with Gasteiger partial charge in [-0.15, -0.1) is 0 Å². The minimum absolute atomic E-state index is 0.363. The van der Waals surface area contributed by atoms with Crippen LogP contribution in [0.4, 0.5) is 0 Å². The molecule has 1 heteroatoms. The topological polar surface area (TPSA) is 19.9 Å². The van der Waals surface area contributed by atoms with E-state index in [2.05, 4.69) is 31.2 Å². The van der Waals surface area contributed by atoms with Crippen molar-refractivity contribution in [3.63, 3.8) is 0 Å². The summed E-state index contributed by atoms with van der Waals surface area (Å²) in [7, 11) is 0. The van der Waals surface area contributed by atoms with E-state index >= 15 is 0 Å². The maximum absolute atomic E-state index is 12.6. The van der Waals surface area contributed by atoms with E-state index in [9.17, 15) is 5.11 Å². The Kier molecular flexibility index (Phi) is 3.37. The first-order valence-electron chi connectivity index (χ1n) is 8.95. The van der Waals surface area contributed by atoms with Crippen LogP contribution in [0.1, 0.15) is 75.5 Å². The molecule has 1 aromatic rings. The van der Waals surface area contributed by atoms with Gasteiger partial charge in [0.15, 0.2) is 0 Å². The van der Waals surface area contributed by atoms with Crippen LogP contribution >= 0.6 is 0 Å². The van der Waals surface area contributed by atoms with Crippen molar-refractivity contribution in [2.75, 3.05) is 0 Å². The lowest BCUT2D eigenvalue weighted by atomic mass is 9.47. The van der Waals surface area contributed by atoms with Crippen molar-refractivity contribution in [3.8, 4) is 0 Å². The summed E-state index contributed by atoms with van der Waals surface area (Å²) in [5.41, 5.74) is 2.93. The van der Waals surface area contributed by atoms with Crippen LogP contribution in [0.5, 0.6) is 0 Å². The van der Waals surface area contributed by atoms with E-state index in [1.807, 2.05) is 0 Å². The van der Waals surface area contributed by atoms with Gasteiger partial charge in [0, 0.05) is 0 Å². The molecule has 4 fully saturated rings. The minimum atomic E-state index is -0.515. The molecule has 5 rings (SSSR count). The SMILES string of the molecule is CCCC([O])c1ccccc1C12CC3CC(CC(C3)C1)C2. The molecule has 0 amide bonds. The summed E-state index contributed by atoms with van der Waals surface area (Å²) in [5.74, 6) is 2.83. The highest BCUT2D eigenvalue weighted by Gasteiger charge is 2.52. The lowest BCUT2D eigenvalue weighted by Gasteiger charge is -2.57. The molecular formula is C20H27O. The fraction of sp³-hybridized carbons (Fsp3) is 0.700. The van der Waals surface area contributed by atoms with Gasteiger partial charge in [0.05, 0.1) is 0 Å². The molecule has 1 atom stereocenters. The Hall–Kier alpha value is -0.820. The predicted octanol–water partition coefficient (Wildman–Crippen LogP) is 5.43. The zero-order valence-corrected chi connectivity index (χ0v) is 13.2. The summed E-state index contributed by atoms with van der Waals surface area (Å²) in [5, 5.41) is 12.6. The van der Waals surface area contributed by atoms with Gasteiger partial charge < -0.3 is 0 Å². The standard InChI is InChI=1S/C20H27O/c1-2-5-19(21)17-6-3-4-7-18(17)20-11-14-8-15(12-20)10-16(9-14)13-20/h3-4,6-7,14-16,19H,2,5,8-13H2,1H3. The Labute approximate surface area is 128 Å². The van der Waals surface area contributed by atoms with Crippen LogP contribution < -0.4 is 0 Å². The molecule has 4 aliphatic rings. The first-order chi connectivity index (χ1) is 10.2. The first-order valence-corrected chi connectivity index (χ1v) is 8.95. The Morgan fingerprint density at radius 1 is 1.05 bits per heavy atom.